The van der Waals surface area contributed by atoms with E-state index in [2.05, 4.69) is 15.3 Å². The van der Waals surface area contributed by atoms with Crippen LogP contribution < -0.4 is 11.1 Å². The molecule has 2 aromatic heterocycles. The molecular formula is C12H14N4. The SMILES string of the molecule is Cc1ccnc(NCc2ccccn2)c1N. The van der Waals surface area contributed by atoms with E-state index in [0.717, 1.165) is 11.3 Å². The Morgan fingerprint density at radius 3 is 2.81 bits per heavy atom. The van der Waals surface area contributed by atoms with Gasteiger partial charge in [-0.1, -0.05) is 6.07 Å². The van der Waals surface area contributed by atoms with Crippen molar-refractivity contribution in [2.45, 2.75) is 13.5 Å². The average Bonchev–Trinajstić information content (AvgIpc) is 2.32. The van der Waals surface area contributed by atoms with E-state index < -0.39 is 0 Å². The summed E-state index contributed by atoms with van der Waals surface area (Å²) >= 11 is 0. The number of nitrogens with one attached hydrogen (secondary N) is 1. The van der Waals surface area contributed by atoms with Crippen LogP contribution in [0, 0.1) is 6.92 Å². The molecule has 4 nitrogen and oxygen atoms in total. The van der Waals surface area contributed by atoms with Crippen LogP contribution in [-0.2, 0) is 6.54 Å². The number of nitrogen functional groups attached to an aromatic ring is 1. The molecule has 16 heavy (non-hydrogen) atoms. The van der Waals surface area contributed by atoms with Gasteiger partial charge in [-0.25, -0.2) is 4.98 Å². The highest BCUT2D eigenvalue weighted by Crippen LogP contribution is 2.18. The molecule has 0 spiro atoms. The van der Waals surface area contributed by atoms with Crippen molar-refractivity contribution in [2.75, 3.05) is 11.1 Å². The van der Waals surface area contributed by atoms with Gasteiger partial charge in [-0.15, -0.1) is 0 Å². The first-order valence-electron chi connectivity index (χ1n) is 5.12. The minimum atomic E-state index is 0.626. The Morgan fingerprint density at radius 2 is 2.06 bits per heavy atom. The molecule has 0 aliphatic heterocycles. The van der Waals surface area contributed by atoms with Crippen molar-refractivity contribution in [1.82, 2.24) is 9.97 Å². The Balaban J connectivity index is 2.08. The first-order valence-corrected chi connectivity index (χ1v) is 5.12. The van der Waals surface area contributed by atoms with E-state index in [1.54, 1.807) is 12.4 Å². The zero-order chi connectivity index (χ0) is 11.4. The monoisotopic (exact) mass is 214 g/mol. The number of aromatic nitrogens is 2. The van der Waals surface area contributed by atoms with Crippen LogP contribution in [-0.4, -0.2) is 9.97 Å². The highest BCUT2D eigenvalue weighted by Gasteiger charge is 2.02. The standard InChI is InChI=1S/C12H14N4/c1-9-5-7-15-12(11(9)13)16-8-10-4-2-3-6-14-10/h2-7H,8,13H2,1H3,(H,15,16). The van der Waals surface area contributed by atoms with Gasteiger partial charge in [0.15, 0.2) is 0 Å². The zero-order valence-electron chi connectivity index (χ0n) is 9.14. The molecule has 0 fully saturated rings. The summed E-state index contributed by atoms with van der Waals surface area (Å²) in [7, 11) is 0. The zero-order valence-corrected chi connectivity index (χ0v) is 9.14. The van der Waals surface area contributed by atoms with Gasteiger partial charge in [-0.2, -0.15) is 0 Å². The summed E-state index contributed by atoms with van der Waals surface area (Å²) in [5.74, 6) is 0.714. The topological polar surface area (TPSA) is 63.8 Å². The lowest BCUT2D eigenvalue weighted by Crippen LogP contribution is -2.06. The number of pyridine rings is 2. The van der Waals surface area contributed by atoms with Crippen LogP contribution in [0.5, 0.6) is 0 Å². The maximum atomic E-state index is 5.90. The lowest BCUT2D eigenvalue weighted by molar-refractivity contribution is 1.03. The molecule has 0 unspecified atom stereocenters. The highest BCUT2D eigenvalue weighted by molar-refractivity contribution is 5.64. The van der Waals surface area contributed by atoms with E-state index in [9.17, 15) is 0 Å². The molecule has 0 atom stereocenters. The van der Waals surface area contributed by atoms with Crippen LogP contribution in [0.25, 0.3) is 0 Å². The largest absolute Gasteiger partial charge is 0.396 e. The predicted molar refractivity (Wildman–Crippen MR) is 65.0 cm³/mol. The number of hydrogen-bond acceptors (Lipinski definition) is 4. The van der Waals surface area contributed by atoms with Crippen LogP contribution >= 0.6 is 0 Å². The maximum absolute atomic E-state index is 5.90. The molecule has 82 valence electrons. The quantitative estimate of drug-likeness (QED) is 0.820. The van der Waals surface area contributed by atoms with E-state index in [0.29, 0.717) is 18.1 Å². The minimum absolute atomic E-state index is 0.626. The lowest BCUT2D eigenvalue weighted by Gasteiger charge is -2.09. The number of hydrogen-bond donors (Lipinski definition) is 2. The molecule has 0 bridgehead atoms. The summed E-state index contributed by atoms with van der Waals surface area (Å²) in [6.45, 7) is 2.59. The molecule has 2 aromatic rings. The molecule has 2 heterocycles. The Labute approximate surface area is 94.5 Å². The molecule has 0 saturated heterocycles. The van der Waals surface area contributed by atoms with Crippen LogP contribution in [0.15, 0.2) is 36.7 Å². The third-order valence-corrected chi connectivity index (χ3v) is 2.37. The molecule has 0 aromatic carbocycles. The summed E-state index contributed by atoms with van der Waals surface area (Å²) < 4.78 is 0. The van der Waals surface area contributed by atoms with E-state index in [1.165, 1.54) is 0 Å². The lowest BCUT2D eigenvalue weighted by atomic mass is 10.2. The summed E-state index contributed by atoms with van der Waals surface area (Å²) in [4.78, 5) is 8.41. The number of nitrogens with zero attached hydrogens (tertiary/aromatic N) is 2. The Morgan fingerprint density at radius 1 is 1.19 bits per heavy atom. The molecule has 0 saturated carbocycles. The van der Waals surface area contributed by atoms with Gasteiger partial charge in [0.05, 0.1) is 17.9 Å². The van der Waals surface area contributed by atoms with Crippen LogP contribution in [0.3, 0.4) is 0 Å². The third kappa shape index (κ3) is 2.28. The number of anilines is 2. The second-order valence-corrected chi connectivity index (χ2v) is 3.56. The Kier molecular flexibility index (Phi) is 3.00. The molecule has 0 radical (unpaired) electrons. The molecule has 2 rings (SSSR count). The fourth-order valence-electron chi connectivity index (χ4n) is 1.39. The molecule has 4 heteroatoms. The molecule has 0 aliphatic carbocycles. The van der Waals surface area contributed by atoms with Gasteiger partial charge in [0.1, 0.15) is 5.82 Å². The van der Waals surface area contributed by atoms with Gasteiger partial charge in [-0.3, -0.25) is 4.98 Å². The highest BCUT2D eigenvalue weighted by atomic mass is 15.0. The molecular weight excluding hydrogens is 200 g/mol. The number of aryl methyl sites for hydroxylation is 1. The minimum Gasteiger partial charge on any atom is -0.396 e. The van der Waals surface area contributed by atoms with E-state index in [1.807, 2.05) is 31.2 Å². The summed E-state index contributed by atoms with van der Waals surface area (Å²) in [5, 5.41) is 3.17. The molecule has 0 amide bonds. The average molecular weight is 214 g/mol. The van der Waals surface area contributed by atoms with Crippen LogP contribution in [0.4, 0.5) is 11.5 Å². The Hall–Kier alpha value is -2.10. The van der Waals surface area contributed by atoms with Crippen molar-refractivity contribution in [2.24, 2.45) is 0 Å². The third-order valence-electron chi connectivity index (χ3n) is 2.37. The van der Waals surface area contributed by atoms with Gasteiger partial charge in [0.2, 0.25) is 0 Å². The van der Waals surface area contributed by atoms with Crippen molar-refractivity contribution in [1.29, 1.82) is 0 Å². The summed E-state index contributed by atoms with van der Waals surface area (Å²) in [5.41, 5.74) is 8.58. The van der Waals surface area contributed by atoms with E-state index >= 15 is 0 Å². The van der Waals surface area contributed by atoms with Crippen molar-refractivity contribution in [3.05, 3.63) is 47.9 Å². The maximum Gasteiger partial charge on any atom is 0.149 e. The summed E-state index contributed by atoms with van der Waals surface area (Å²) in [6.07, 6.45) is 3.51. The van der Waals surface area contributed by atoms with Gasteiger partial charge >= 0.3 is 0 Å². The molecule has 3 N–H and O–H groups in total. The van der Waals surface area contributed by atoms with E-state index in [-0.39, 0.29) is 0 Å². The first kappa shape index (κ1) is 10.4. The van der Waals surface area contributed by atoms with Gasteiger partial charge < -0.3 is 11.1 Å². The number of nitrogens with two attached hydrogens (primary N) is 1. The van der Waals surface area contributed by atoms with Crippen LogP contribution in [0.1, 0.15) is 11.3 Å². The Bertz CT molecular complexity index is 468. The fraction of sp³-hybridized carbons (Fsp3) is 0.167. The summed E-state index contributed by atoms with van der Waals surface area (Å²) in [6, 6.07) is 7.69. The van der Waals surface area contributed by atoms with Crippen molar-refractivity contribution < 1.29 is 0 Å². The van der Waals surface area contributed by atoms with Crippen molar-refractivity contribution >= 4 is 11.5 Å². The smallest absolute Gasteiger partial charge is 0.149 e. The fourth-order valence-corrected chi connectivity index (χ4v) is 1.39. The van der Waals surface area contributed by atoms with Gasteiger partial charge in [0.25, 0.3) is 0 Å². The van der Waals surface area contributed by atoms with Gasteiger partial charge in [0, 0.05) is 12.4 Å². The van der Waals surface area contributed by atoms with E-state index in [4.69, 9.17) is 5.73 Å². The van der Waals surface area contributed by atoms with Crippen molar-refractivity contribution in [3.8, 4) is 0 Å². The first-order chi connectivity index (χ1) is 7.77. The molecule has 0 aliphatic rings. The van der Waals surface area contributed by atoms with Gasteiger partial charge in [-0.05, 0) is 30.7 Å². The second kappa shape index (κ2) is 4.61. The van der Waals surface area contributed by atoms with Crippen molar-refractivity contribution in [3.63, 3.8) is 0 Å². The van der Waals surface area contributed by atoms with Crippen LogP contribution in [0.2, 0.25) is 0 Å². The predicted octanol–water partition coefficient (Wildman–Crippen LogP) is 1.98. The second-order valence-electron chi connectivity index (χ2n) is 3.56. The number of rotatable bonds is 3. The normalized spacial score (nSPS) is 10.1.